The SMILES string of the molecule is N#CCC(=O)c1cc(F)c(Cl)cc1Cl. The van der Waals surface area contributed by atoms with E-state index in [1.54, 1.807) is 6.07 Å². The molecule has 0 aliphatic rings. The van der Waals surface area contributed by atoms with Crippen molar-refractivity contribution in [1.29, 1.82) is 5.26 Å². The summed E-state index contributed by atoms with van der Waals surface area (Å²) < 4.78 is 12.9. The summed E-state index contributed by atoms with van der Waals surface area (Å²) in [6, 6.07) is 3.74. The first kappa shape index (κ1) is 11.0. The number of hydrogen-bond acceptors (Lipinski definition) is 2. The molecule has 2 nitrogen and oxygen atoms in total. The molecule has 0 heterocycles. The number of halogens is 3. The molecule has 0 aliphatic carbocycles. The van der Waals surface area contributed by atoms with Gasteiger partial charge in [0.15, 0.2) is 5.78 Å². The Labute approximate surface area is 89.9 Å². The maximum absolute atomic E-state index is 12.9. The molecule has 0 radical (unpaired) electrons. The van der Waals surface area contributed by atoms with Gasteiger partial charge >= 0.3 is 0 Å². The third-order valence-electron chi connectivity index (χ3n) is 1.55. The number of ketones is 1. The van der Waals surface area contributed by atoms with E-state index in [9.17, 15) is 9.18 Å². The van der Waals surface area contributed by atoms with Gasteiger partial charge < -0.3 is 0 Å². The Morgan fingerprint density at radius 1 is 1.43 bits per heavy atom. The predicted octanol–water partition coefficient (Wildman–Crippen LogP) is 3.23. The van der Waals surface area contributed by atoms with Gasteiger partial charge in [0, 0.05) is 5.56 Å². The number of carbonyl (C=O) groups is 1. The van der Waals surface area contributed by atoms with Crippen LogP contribution >= 0.6 is 23.2 Å². The van der Waals surface area contributed by atoms with E-state index < -0.39 is 11.6 Å². The highest BCUT2D eigenvalue weighted by Gasteiger charge is 2.13. The zero-order valence-electron chi connectivity index (χ0n) is 6.85. The van der Waals surface area contributed by atoms with E-state index in [1.807, 2.05) is 0 Å². The van der Waals surface area contributed by atoms with Gasteiger partial charge in [-0.3, -0.25) is 4.79 Å². The Morgan fingerprint density at radius 3 is 2.64 bits per heavy atom. The maximum atomic E-state index is 12.9. The van der Waals surface area contributed by atoms with Crippen LogP contribution in [0.4, 0.5) is 4.39 Å². The van der Waals surface area contributed by atoms with Gasteiger partial charge in [-0.15, -0.1) is 0 Å². The lowest BCUT2D eigenvalue weighted by molar-refractivity contribution is 0.0997. The van der Waals surface area contributed by atoms with E-state index in [0.717, 1.165) is 12.1 Å². The molecule has 72 valence electrons. The quantitative estimate of drug-likeness (QED) is 0.580. The molecule has 1 aromatic carbocycles. The Morgan fingerprint density at radius 2 is 2.07 bits per heavy atom. The standard InChI is InChI=1S/C9H4Cl2FNO/c10-6-4-7(11)8(12)3-5(6)9(14)1-2-13/h3-4H,1H2. The van der Waals surface area contributed by atoms with Crippen LogP contribution in [-0.4, -0.2) is 5.78 Å². The van der Waals surface area contributed by atoms with Crippen molar-refractivity contribution in [1.82, 2.24) is 0 Å². The molecule has 0 amide bonds. The first-order valence-electron chi connectivity index (χ1n) is 3.61. The number of nitrogens with zero attached hydrogens (tertiary/aromatic N) is 1. The second kappa shape index (κ2) is 4.41. The first-order chi connectivity index (χ1) is 6.56. The smallest absolute Gasteiger partial charge is 0.178 e. The van der Waals surface area contributed by atoms with E-state index in [2.05, 4.69) is 0 Å². The molecule has 0 aromatic heterocycles. The Balaban J connectivity index is 3.17. The minimum Gasteiger partial charge on any atom is -0.293 e. The highest BCUT2D eigenvalue weighted by atomic mass is 35.5. The lowest BCUT2D eigenvalue weighted by Crippen LogP contribution is -1.99. The van der Waals surface area contributed by atoms with Crippen molar-refractivity contribution in [2.24, 2.45) is 0 Å². The minimum absolute atomic E-state index is 0.0184. The van der Waals surface area contributed by atoms with Crippen LogP contribution in [0.2, 0.25) is 10.0 Å². The number of Topliss-reactive ketones (excluding diaryl/α,β-unsaturated/α-hetero) is 1. The zero-order chi connectivity index (χ0) is 10.7. The average molecular weight is 232 g/mol. The van der Waals surface area contributed by atoms with E-state index in [1.165, 1.54) is 0 Å². The molecular weight excluding hydrogens is 228 g/mol. The van der Waals surface area contributed by atoms with Gasteiger partial charge in [-0.1, -0.05) is 23.2 Å². The summed E-state index contributed by atoms with van der Waals surface area (Å²) in [6.07, 6.45) is -0.333. The van der Waals surface area contributed by atoms with Crippen LogP contribution in [0.15, 0.2) is 12.1 Å². The summed E-state index contributed by atoms with van der Waals surface area (Å²) in [5.41, 5.74) is -0.0184. The fourth-order valence-corrected chi connectivity index (χ4v) is 1.39. The fraction of sp³-hybridized carbons (Fsp3) is 0.111. The number of hydrogen-bond donors (Lipinski definition) is 0. The molecule has 0 spiro atoms. The van der Waals surface area contributed by atoms with Gasteiger partial charge in [0.1, 0.15) is 5.82 Å². The molecule has 1 rings (SSSR count). The van der Waals surface area contributed by atoms with Gasteiger partial charge in [-0.05, 0) is 12.1 Å². The second-order valence-corrected chi connectivity index (χ2v) is 3.32. The molecule has 0 N–H and O–H groups in total. The van der Waals surface area contributed by atoms with Gasteiger partial charge in [-0.2, -0.15) is 5.26 Å². The van der Waals surface area contributed by atoms with Crippen molar-refractivity contribution in [3.05, 3.63) is 33.6 Å². The normalized spacial score (nSPS) is 9.57. The number of rotatable bonds is 2. The summed E-state index contributed by atoms with van der Waals surface area (Å²) in [7, 11) is 0. The lowest BCUT2D eigenvalue weighted by Gasteiger charge is -2.01. The van der Waals surface area contributed by atoms with Crippen molar-refractivity contribution in [3.63, 3.8) is 0 Å². The van der Waals surface area contributed by atoms with Crippen LogP contribution in [0.25, 0.3) is 0 Å². The van der Waals surface area contributed by atoms with E-state index in [0.29, 0.717) is 0 Å². The zero-order valence-corrected chi connectivity index (χ0v) is 8.36. The molecule has 0 unspecified atom stereocenters. The van der Waals surface area contributed by atoms with Gasteiger partial charge in [-0.25, -0.2) is 4.39 Å². The highest BCUT2D eigenvalue weighted by molar-refractivity contribution is 6.36. The molecule has 0 fully saturated rings. The highest BCUT2D eigenvalue weighted by Crippen LogP contribution is 2.25. The molecule has 0 saturated heterocycles. The van der Waals surface area contributed by atoms with Crippen LogP contribution in [-0.2, 0) is 0 Å². The Hall–Kier alpha value is -1.11. The van der Waals surface area contributed by atoms with Crippen LogP contribution in [0.1, 0.15) is 16.8 Å². The first-order valence-corrected chi connectivity index (χ1v) is 4.36. The lowest BCUT2D eigenvalue weighted by atomic mass is 10.1. The summed E-state index contributed by atoms with van der Waals surface area (Å²) >= 11 is 11.1. The molecule has 14 heavy (non-hydrogen) atoms. The second-order valence-electron chi connectivity index (χ2n) is 2.50. The molecular formula is C9H4Cl2FNO. The van der Waals surface area contributed by atoms with Crippen LogP contribution in [0.5, 0.6) is 0 Å². The van der Waals surface area contributed by atoms with Crippen LogP contribution in [0, 0.1) is 17.1 Å². The summed E-state index contributed by atoms with van der Waals surface area (Å²) in [5, 5.41) is 8.18. The predicted molar refractivity (Wildman–Crippen MR) is 51.0 cm³/mol. The van der Waals surface area contributed by atoms with E-state index in [-0.39, 0.29) is 22.0 Å². The number of carbonyl (C=O) groups excluding carboxylic acids is 1. The third-order valence-corrected chi connectivity index (χ3v) is 2.15. The monoisotopic (exact) mass is 231 g/mol. The summed E-state index contributed by atoms with van der Waals surface area (Å²) in [6.45, 7) is 0. The molecule has 1 aromatic rings. The molecule has 0 atom stereocenters. The molecule has 0 aliphatic heterocycles. The van der Waals surface area contributed by atoms with Crippen LogP contribution in [0.3, 0.4) is 0 Å². The summed E-state index contributed by atoms with van der Waals surface area (Å²) in [4.78, 5) is 11.2. The van der Waals surface area contributed by atoms with E-state index >= 15 is 0 Å². The number of benzene rings is 1. The maximum Gasteiger partial charge on any atom is 0.178 e. The van der Waals surface area contributed by atoms with Crippen molar-refractivity contribution in [3.8, 4) is 6.07 Å². The van der Waals surface area contributed by atoms with E-state index in [4.69, 9.17) is 28.5 Å². The third kappa shape index (κ3) is 2.22. The minimum atomic E-state index is -0.725. The average Bonchev–Trinajstić information content (AvgIpc) is 2.11. The van der Waals surface area contributed by atoms with Crippen LogP contribution < -0.4 is 0 Å². The van der Waals surface area contributed by atoms with Crippen molar-refractivity contribution >= 4 is 29.0 Å². The van der Waals surface area contributed by atoms with Crippen molar-refractivity contribution in [2.45, 2.75) is 6.42 Å². The molecule has 0 saturated carbocycles. The number of nitriles is 1. The Kier molecular flexibility index (Phi) is 3.45. The molecule has 5 heteroatoms. The van der Waals surface area contributed by atoms with Gasteiger partial charge in [0.05, 0.1) is 22.5 Å². The topological polar surface area (TPSA) is 40.9 Å². The van der Waals surface area contributed by atoms with Crippen molar-refractivity contribution in [2.75, 3.05) is 0 Å². The van der Waals surface area contributed by atoms with Crippen molar-refractivity contribution < 1.29 is 9.18 Å². The summed E-state index contributed by atoms with van der Waals surface area (Å²) in [5.74, 6) is -1.24. The van der Waals surface area contributed by atoms with Gasteiger partial charge in [0.25, 0.3) is 0 Å². The molecule has 0 bridgehead atoms. The largest absolute Gasteiger partial charge is 0.293 e. The van der Waals surface area contributed by atoms with Gasteiger partial charge in [0.2, 0.25) is 0 Å². The fourth-order valence-electron chi connectivity index (χ4n) is 0.903. The Bertz CT molecular complexity index is 426.